The molecule has 0 amide bonds. The molecule has 2 heterocycles. The van der Waals surface area contributed by atoms with E-state index in [4.69, 9.17) is 11.6 Å². The Labute approximate surface area is 116 Å². The zero-order valence-electron chi connectivity index (χ0n) is 10.6. The molecule has 0 spiro atoms. The van der Waals surface area contributed by atoms with E-state index < -0.39 is 0 Å². The average Bonchev–Trinajstić information content (AvgIpc) is 2.66. The van der Waals surface area contributed by atoms with Crippen molar-refractivity contribution in [2.24, 2.45) is 0 Å². The summed E-state index contributed by atoms with van der Waals surface area (Å²) in [5, 5.41) is 1.34. The highest BCUT2D eigenvalue weighted by Gasteiger charge is 2.08. The number of imidazole rings is 1. The molecule has 4 nitrogen and oxygen atoms in total. The highest BCUT2D eigenvalue weighted by molar-refractivity contribution is 7.98. The van der Waals surface area contributed by atoms with Crippen LogP contribution in [0.4, 0.5) is 0 Å². The number of thioether (sulfide) groups is 1. The number of halogens is 1. The van der Waals surface area contributed by atoms with Gasteiger partial charge in [0.25, 0.3) is 0 Å². The number of hydrogen-bond donors (Lipinski definition) is 0. The number of nitrogens with zero attached hydrogens (tertiary/aromatic N) is 4. The van der Waals surface area contributed by atoms with E-state index in [1.165, 1.54) is 0 Å². The maximum absolute atomic E-state index is 5.99. The second-order valence-corrected chi connectivity index (χ2v) is 5.27. The Kier molecular flexibility index (Phi) is 4.24. The summed E-state index contributed by atoms with van der Waals surface area (Å²) in [4.78, 5) is 12.9. The van der Waals surface area contributed by atoms with Crippen LogP contribution in [0.2, 0.25) is 5.28 Å². The summed E-state index contributed by atoms with van der Waals surface area (Å²) in [6.07, 6.45) is 1.81. The van der Waals surface area contributed by atoms with Gasteiger partial charge in [0.15, 0.2) is 5.16 Å². The molecule has 0 radical (unpaired) electrons. The van der Waals surface area contributed by atoms with Crippen LogP contribution in [0, 0.1) is 13.8 Å². The van der Waals surface area contributed by atoms with Gasteiger partial charge in [-0.15, -0.1) is 0 Å². The van der Waals surface area contributed by atoms with E-state index in [2.05, 4.69) is 21.9 Å². The van der Waals surface area contributed by atoms with Gasteiger partial charge in [-0.2, -0.15) is 0 Å². The average molecular weight is 283 g/mol. The third-order valence-corrected chi connectivity index (χ3v) is 3.70. The van der Waals surface area contributed by atoms with Crippen molar-refractivity contribution < 1.29 is 0 Å². The maximum atomic E-state index is 5.99. The highest BCUT2D eigenvalue weighted by Crippen LogP contribution is 2.21. The molecular formula is C12H15ClN4S. The molecule has 2 aromatic rings. The molecule has 0 atom stereocenters. The molecule has 0 bridgehead atoms. The number of rotatable bonds is 4. The number of aryl methyl sites for hydroxylation is 2. The van der Waals surface area contributed by atoms with Crippen LogP contribution < -0.4 is 0 Å². The second kappa shape index (κ2) is 5.71. The van der Waals surface area contributed by atoms with E-state index in [1.54, 1.807) is 11.8 Å². The predicted octanol–water partition coefficient (Wildman–Crippen LogP) is 3.26. The van der Waals surface area contributed by atoms with Gasteiger partial charge in [-0.05, 0) is 38.4 Å². The van der Waals surface area contributed by atoms with Crippen molar-refractivity contribution in [1.29, 1.82) is 0 Å². The quantitative estimate of drug-likeness (QED) is 0.638. The van der Waals surface area contributed by atoms with Gasteiger partial charge in [-0.25, -0.2) is 15.0 Å². The summed E-state index contributed by atoms with van der Waals surface area (Å²) in [6.45, 7) is 6.83. The topological polar surface area (TPSA) is 43.6 Å². The zero-order valence-corrected chi connectivity index (χ0v) is 12.2. The molecule has 0 unspecified atom stereocenters. The lowest BCUT2D eigenvalue weighted by atomic mass is 10.4. The molecule has 0 aliphatic rings. The van der Waals surface area contributed by atoms with Crippen molar-refractivity contribution in [3.63, 3.8) is 0 Å². The molecule has 0 aromatic carbocycles. The van der Waals surface area contributed by atoms with E-state index in [9.17, 15) is 0 Å². The van der Waals surface area contributed by atoms with Crippen LogP contribution in [-0.2, 0) is 12.3 Å². The zero-order chi connectivity index (χ0) is 13.1. The molecular weight excluding hydrogens is 268 g/mol. The number of hydrogen-bond acceptors (Lipinski definition) is 4. The molecule has 2 rings (SSSR count). The Balaban J connectivity index is 2.11. The van der Waals surface area contributed by atoms with Gasteiger partial charge < -0.3 is 4.57 Å². The Bertz CT molecular complexity index is 533. The standard InChI is InChI=1S/C12H15ClN4S/c1-4-17-10(6-14-11(17)13)7-18-12-15-8(2)5-9(3)16-12/h5-6H,4,7H2,1-3H3. The minimum atomic E-state index is 0.537. The van der Waals surface area contributed by atoms with Crippen molar-refractivity contribution >= 4 is 23.4 Å². The molecule has 96 valence electrons. The Morgan fingerprint density at radius 3 is 2.56 bits per heavy atom. The van der Waals surface area contributed by atoms with Crippen molar-refractivity contribution in [3.8, 4) is 0 Å². The molecule has 0 N–H and O–H groups in total. The summed E-state index contributed by atoms with van der Waals surface area (Å²) in [6, 6.07) is 1.97. The molecule has 2 aromatic heterocycles. The molecule has 18 heavy (non-hydrogen) atoms. The van der Waals surface area contributed by atoms with E-state index in [1.807, 2.05) is 30.7 Å². The SMILES string of the molecule is CCn1c(CSc2nc(C)cc(C)n2)cnc1Cl. The van der Waals surface area contributed by atoms with Gasteiger partial charge in [0, 0.05) is 29.4 Å². The van der Waals surface area contributed by atoms with Crippen molar-refractivity contribution in [1.82, 2.24) is 19.5 Å². The lowest BCUT2D eigenvalue weighted by Crippen LogP contribution is -2.00. The highest BCUT2D eigenvalue weighted by atomic mass is 35.5. The normalized spacial score (nSPS) is 10.9. The van der Waals surface area contributed by atoms with Crippen LogP contribution in [-0.4, -0.2) is 19.5 Å². The van der Waals surface area contributed by atoms with Crippen molar-refractivity contribution in [3.05, 3.63) is 34.6 Å². The molecule has 6 heteroatoms. The first kappa shape index (κ1) is 13.4. The minimum absolute atomic E-state index is 0.537. The molecule has 0 aliphatic heterocycles. The van der Waals surface area contributed by atoms with Gasteiger partial charge in [-0.3, -0.25) is 0 Å². The van der Waals surface area contributed by atoms with Crippen molar-refractivity contribution in [2.75, 3.05) is 0 Å². The molecule has 0 saturated carbocycles. The lowest BCUT2D eigenvalue weighted by molar-refractivity contribution is 0.734. The Morgan fingerprint density at radius 1 is 1.28 bits per heavy atom. The van der Waals surface area contributed by atoms with Gasteiger partial charge in [0.2, 0.25) is 5.28 Å². The molecule has 0 saturated heterocycles. The first-order valence-electron chi connectivity index (χ1n) is 5.75. The Morgan fingerprint density at radius 2 is 1.94 bits per heavy atom. The molecule has 0 fully saturated rings. The van der Waals surface area contributed by atoms with E-state index in [0.717, 1.165) is 34.5 Å². The monoisotopic (exact) mass is 282 g/mol. The van der Waals surface area contributed by atoms with Crippen LogP contribution in [0.15, 0.2) is 17.4 Å². The second-order valence-electron chi connectivity index (χ2n) is 3.98. The largest absolute Gasteiger partial charge is 0.318 e. The summed E-state index contributed by atoms with van der Waals surface area (Å²) < 4.78 is 1.98. The van der Waals surface area contributed by atoms with E-state index in [-0.39, 0.29) is 0 Å². The summed E-state index contributed by atoms with van der Waals surface area (Å²) >= 11 is 7.59. The van der Waals surface area contributed by atoms with Crippen LogP contribution >= 0.6 is 23.4 Å². The lowest BCUT2D eigenvalue weighted by Gasteiger charge is -2.06. The van der Waals surface area contributed by atoms with Gasteiger partial charge in [-0.1, -0.05) is 11.8 Å². The van der Waals surface area contributed by atoms with Crippen LogP contribution in [0.3, 0.4) is 0 Å². The maximum Gasteiger partial charge on any atom is 0.202 e. The van der Waals surface area contributed by atoms with Gasteiger partial charge in [0.05, 0.1) is 6.20 Å². The van der Waals surface area contributed by atoms with E-state index >= 15 is 0 Å². The minimum Gasteiger partial charge on any atom is -0.318 e. The fourth-order valence-electron chi connectivity index (χ4n) is 1.73. The van der Waals surface area contributed by atoms with Gasteiger partial charge >= 0.3 is 0 Å². The Hall–Kier alpha value is -1.07. The third-order valence-electron chi connectivity index (χ3n) is 2.52. The first-order valence-corrected chi connectivity index (χ1v) is 7.11. The smallest absolute Gasteiger partial charge is 0.202 e. The summed E-state index contributed by atoms with van der Waals surface area (Å²) in [5.74, 6) is 0.774. The van der Waals surface area contributed by atoms with Crippen molar-refractivity contribution in [2.45, 2.75) is 38.2 Å². The molecule has 0 aliphatic carbocycles. The summed E-state index contributed by atoms with van der Waals surface area (Å²) in [7, 11) is 0. The van der Waals surface area contributed by atoms with Crippen LogP contribution in [0.5, 0.6) is 0 Å². The van der Waals surface area contributed by atoms with Crippen LogP contribution in [0.1, 0.15) is 24.0 Å². The number of aromatic nitrogens is 4. The van der Waals surface area contributed by atoms with Gasteiger partial charge in [0.1, 0.15) is 0 Å². The van der Waals surface area contributed by atoms with E-state index in [0.29, 0.717) is 5.28 Å². The first-order chi connectivity index (χ1) is 8.60. The van der Waals surface area contributed by atoms with Crippen LogP contribution in [0.25, 0.3) is 0 Å². The summed E-state index contributed by atoms with van der Waals surface area (Å²) in [5.41, 5.74) is 3.08. The fraction of sp³-hybridized carbons (Fsp3) is 0.417. The predicted molar refractivity (Wildman–Crippen MR) is 74.0 cm³/mol. The third kappa shape index (κ3) is 3.03. The fourth-order valence-corrected chi connectivity index (χ4v) is 2.93.